The number of hydrogen-bond acceptors (Lipinski definition) is 4. The molecule has 2 unspecified atom stereocenters. The molecule has 1 amide bonds. The van der Waals surface area contributed by atoms with E-state index in [-0.39, 0.29) is 0 Å². The average Bonchev–Trinajstić information content (AvgIpc) is 2.77. The topological polar surface area (TPSA) is 104 Å². The quantitative estimate of drug-likeness (QED) is 0.598. The van der Waals surface area contributed by atoms with Crippen LogP contribution < -0.4 is 5.32 Å². The summed E-state index contributed by atoms with van der Waals surface area (Å²) in [5.41, 5.74) is 0. The van der Waals surface area contributed by atoms with Gasteiger partial charge in [0, 0.05) is 12.4 Å². The molecule has 0 aliphatic carbocycles. The molecule has 7 nitrogen and oxygen atoms in total. The number of nitrogens with zero attached hydrogens (tertiary/aromatic N) is 2. The Hall–Kier alpha value is -1.89. The maximum absolute atomic E-state index is 11.6. The highest BCUT2D eigenvalue weighted by Gasteiger charge is 2.22. The van der Waals surface area contributed by atoms with E-state index in [1.165, 1.54) is 10.9 Å². The Labute approximate surface area is 91.7 Å². The maximum Gasteiger partial charge on any atom is 0.328 e. The molecule has 0 saturated heterocycles. The number of rotatable bonds is 5. The summed E-state index contributed by atoms with van der Waals surface area (Å²) in [4.78, 5) is 22.1. The van der Waals surface area contributed by atoms with Gasteiger partial charge in [0.05, 0.1) is 6.61 Å². The van der Waals surface area contributed by atoms with Crippen LogP contribution in [-0.4, -0.2) is 44.5 Å². The van der Waals surface area contributed by atoms with Crippen LogP contribution in [0.5, 0.6) is 0 Å². The number of aliphatic hydroxyl groups excluding tert-OH is 1. The van der Waals surface area contributed by atoms with E-state index >= 15 is 0 Å². The highest BCUT2D eigenvalue weighted by Crippen LogP contribution is 2.03. The van der Waals surface area contributed by atoms with Crippen LogP contribution in [0.25, 0.3) is 0 Å². The van der Waals surface area contributed by atoms with Crippen LogP contribution in [0.1, 0.15) is 13.0 Å². The van der Waals surface area contributed by atoms with Crippen LogP contribution in [0.2, 0.25) is 0 Å². The van der Waals surface area contributed by atoms with Crippen molar-refractivity contribution in [2.24, 2.45) is 0 Å². The Kier molecular flexibility index (Phi) is 4.01. The molecule has 88 valence electrons. The monoisotopic (exact) mass is 227 g/mol. The number of aliphatic carboxylic acids is 1. The Balaban J connectivity index is 2.61. The third kappa shape index (κ3) is 2.80. The first kappa shape index (κ1) is 12.2. The Morgan fingerprint density at radius 1 is 1.56 bits per heavy atom. The molecular formula is C9H13N3O4. The third-order valence-corrected chi connectivity index (χ3v) is 2.10. The zero-order valence-electron chi connectivity index (χ0n) is 8.70. The normalized spacial score (nSPS) is 14.1. The van der Waals surface area contributed by atoms with Gasteiger partial charge in [0.1, 0.15) is 12.1 Å². The van der Waals surface area contributed by atoms with Gasteiger partial charge in [0.25, 0.3) is 0 Å². The van der Waals surface area contributed by atoms with E-state index in [0.29, 0.717) is 0 Å². The van der Waals surface area contributed by atoms with Gasteiger partial charge >= 0.3 is 5.97 Å². The lowest BCUT2D eigenvalue weighted by Gasteiger charge is -2.16. The largest absolute Gasteiger partial charge is 0.480 e. The molecule has 2 atom stereocenters. The SMILES string of the molecule is CC(C(=O)NC(CO)C(=O)O)n1cccn1. The molecule has 0 aliphatic heterocycles. The van der Waals surface area contributed by atoms with Crippen LogP contribution in [-0.2, 0) is 9.59 Å². The minimum atomic E-state index is -1.29. The van der Waals surface area contributed by atoms with Gasteiger partial charge < -0.3 is 15.5 Å². The minimum absolute atomic E-state index is 0.509. The van der Waals surface area contributed by atoms with Crippen molar-refractivity contribution in [3.63, 3.8) is 0 Å². The molecule has 1 aromatic rings. The molecule has 1 aromatic heterocycles. The summed E-state index contributed by atoms with van der Waals surface area (Å²) >= 11 is 0. The van der Waals surface area contributed by atoms with Crippen molar-refractivity contribution in [3.05, 3.63) is 18.5 Å². The summed E-state index contributed by atoms with van der Waals surface area (Å²) in [5.74, 6) is -1.78. The summed E-state index contributed by atoms with van der Waals surface area (Å²) in [7, 11) is 0. The molecule has 0 bridgehead atoms. The van der Waals surface area contributed by atoms with Crippen molar-refractivity contribution in [3.8, 4) is 0 Å². The van der Waals surface area contributed by atoms with Crippen molar-refractivity contribution in [1.29, 1.82) is 0 Å². The van der Waals surface area contributed by atoms with Crippen LogP contribution in [0, 0.1) is 0 Å². The Morgan fingerprint density at radius 2 is 2.25 bits per heavy atom. The zero-order valence-corrected chi connectivity index (χ0v) is 8.70. The first-order valence-corrected chi connectivity index (χ1v) is 4.69. The lowest BCUT2D eigenvalue weighted by molar-refractivity contribution is -0.143. The summed E-state index contributed by atoms with van der Waals surface area (Å²) in [6, 6.07) is -0.251. The van der Waals surface area contributed by atoms with Gasteiger partial charge in [-0.1, -0.05) is 0 Å². The van der Waals surface area contributed by atoms with Crippen molar-refractivity contribution in [2.45, 2.75) is 19.0 Å². The first-order chi connectivity index (χ1) is 7.56. The van der Waals surface area contributed by atoms with Crippen LogP contribution >= 0.6 is 0 Å². The van der Waals surface area contributed by atoms with E-state index in [4.69, 9.17) is 10.2 Å². The highest BCUT2D eigenvalue weighted by molar-refractivity contribution is 5.85. The summed E-state index contributed by atoms with van der Waals surface area (Å²) < 4.78 is 1.39. The van der Waals surface area contributed by atoms with Crippen LogP contribution in [0.3, 0.4) is 0 Å². The molecule has 0 saturated carbocycles. The highest BCUT2D eigenvalue weighted by atomic mass is 16.4. The fourth-order valence-corrected chi connectivity index (χ4v) is 1.11. The fraction of sp³-hybridized carbons (Fsp3) is 0.444. The van der Waals surface area contributed by atoms with Crippen LogP contribution in [0.4, 0.5) is 0 Å². The van der Waals surface area contributed by atoms with Crippen molar-refractivity contribution >= 4 is 11.9 Å². The Morgan fingerprint density at radius 3 is 2.69 bits per heavy atom. The fourth-order valence-electron chi connectivity index (χ4n) is 1.11. The molecular weight excluding hydrogens is 214 g/mol. The van der Waals surface area contributed by atoms with Crippen molar-refractivity contribution in [1.82, 2.24) is 15.1 Å². The Bertz CT molecular complexity index is 363. The van der Waals surface area contributed by atoms with Gasteiger partial charge in [-0.25, -0.2) is 4.79 Å². The van der Waals surface area contributed by atoms with E-state index in [9.17, 15) is 9.59 Å². The maximum atomic E-state index is 11.6. The zero-order chi connectivity index (χ0) is 12.1. The number of nitrogens with one attached hydrogen (secondary N) is 1. The summed E-state index contributed by atoms with van der Waals surface area (Å²) in [6.07, 6.45) is 3.11. The summed E-state index contributed by atoms with van der Waals surface area (Å²) in [5, 5.41) is 23.4. The molecule has 7 heteroatoms. The number of carbonyl (C=O) groups is 2. The van der Waals surface area contributed by atoms with Crippen molar-refractivity contribution < 1.29 is 19.8 Å². The molecule has 16 heavy (non-hydrogen) atoms. The van der Waals surface area contributed by atoms with Crippen molar-refractivity contribution in [2.75, 3.05) is 6.61 Å². The van der Waals surface area contributed by atoms with Gasteiger partial charge in [-0.2, -0.15) is 5.10 Å². The molecule has 1 rings (SSSR count). The standard InChI is InChI=1S/C9H13N3O4/c1-6(12-4-2-3-10-12)8(14)11-7(5-13)9(15)16/h2-4,6-7,13H,5H2,1H3,(H,11,14)(H,15,16). The second kappa shape index (κ2) is 5.26. The molecule has 0 spiro atoms. The number of amides is 1. The second-order valence-corrected chi connectivity index (χ2v) is 3.24. The van der Waals surface area contributed by atoms with E-state index in [1.54, 1.807) is 19.2 Å². The molecule has 0 aliphatic rings. The lowest BCUT2D eigenvalue weighted by atomic mass is 10.2. The second-order valence-electron chi connectivity index (χ2n) is 3.24. The van der Waals surface area contributed by atoms with E-state index in [0.717, 1.165) is 0 Å². The third-order valence-electron chi connectivity index (χ3n) is 2.10. The smallest absolute Gasteiger partial charge is 0.328 e. The van der Waals surface area contributed by atoms with Crippen LogP contribution in [0.15, 0.2) is 18.5 Å². The summed E-state index contributed by atoms with van der Waals surface area (Å²) in [6.45, 7) is 0.936. The molecule has 0 aromatic carbocycles. The van der Waals surface area contributed by atoms with E-state index < -0.39 is 30.6 Å². The van der Waals surface area contributed by atoms with Gasteiger partial charge in [-0.05, 0) is 13.0 Å². The number of hydrogen-bond donors (Lipinski definition) is 3. The number of carbonyl (C=O) groups excluding carboxylic acids is 1. The predicted octanol–water partition coefficient (Wildman–Crippen LogP) is -0.994. The minimum Gasteiger partial charge on any atom is -0.480 e. The van der Waals surface area contributed by atoms with E-state index in [2.05, 4.69) is 10.4 Å². The predicted molar refractivity (Wildman–Crippen MR) is 53.6 cm³/mol. The lowest BCUT2D eigenvalue weighted by Crippen LogP contribution is -2.45. The number of aromatic nitrogens is 2. The number of aliphatic hydroxyl groups is 1. The number of carboxylic acids is 1. The molecule has 3 N–H and O–H groups in total. The van der Waals surface area contributed by atoms with E-state index in [1.807, 2.05) is 0 Å². The molecule has 0 fully saturated rings. The number of carboxylic acid groups (broad SMARTS) is 1. The van der Waals surface area contributed by atoms with Gasteiger partial charge in [0.15, 0.2) is 0 Å². The van der Waals surface area contributed by atoms with Gasteiger partial charge in [0.2, 0.25) is 5.91 Å². The first-order valence-electron chi connectivity index (χ1n) is 4.69. The molecule has 0 radical (unpaired) electrons. The van der Waals surface area contributed by atoms with Gasteiger partial charge in [-0.15, -0.1) is 0 Å². The average molecular weight is 227 g/mol. The van der Waals surface area contributed by atoms with Gasteiger partial charge in [-0.3, -0.25) is 9.48 Å². The molecule has 1 heterocycles.